The summed E-state index contributed by atoms with van der Waals surface area (Å²) in [6.07, 6.45) is -1.91. The molecule has 0 saturated carbocycles. The maximum absolute atomic E-state index is 12.2. The van der Waals surface area contributed by atoms with Crippen LogP contribution in [-0.2, 0) is 6.61 Å². The maximum atomic E-state index is 12.2. The van der Waals surface area contributed by atoms with Gasteiger partial charge in [-0.05, 0) is 0 Å². The fourth-order valence-electron chi connectivity index (χ4n) is 0.972. The fraction of sp³-hybridized carbons (Fsp3) is 0.286. The van der Waals surface area contributed by atoms with Crippen LogP contribution in [0.3, 0.4) is 0 Å². The minimum absolute atomic E-state index is 0.209. The molecule has 1 rings (SSSR count). The first kappa shape index (κ1) is 9.66. The molecule has 6 heteroatoms. The number of halogens is 2. The number of hydrogen-bond acceptors (Lipinski definition) is 3. The molecule has 0 aromatic carbocycles. The third kappa shape index (κ3) is 1.67. The van der Waals surface area contributed by atoms with Crippen molar-refractivity contribution in [1.29, 1.82) is 0 Å². The van der Waals surface area contributed by atoms with E-state index in [0.717, 1.165) is 6.20 Å². The normalized spacial score (nSPS) is 10.8. The first-order valence-electron chi connectivity index (χ1n) is 3.47. The quantitative estimate of drug-likeness (QED) is 0.631. The van der Waals surface area contributed by atoms with Gasteiger partial charge in [0.1, 0.15) is 5.69 Å². The van der Waals surface area contributed by atoms with Crippen LogP contribution in [0, 0.1) is 0 Å². The Morgan fingerprint density at radius 1 is 1.62 bits per heavy atom. The van der Waals surface area contributed by atoms with E-state index in [9.17, 15) is 13.6 Å². The lowest BCUT2D eigenvalue weighted by Crippen LogP contribution is -2.16. The summed E-state index contributed by atoms with van der Waals surface area (Å²) < 4.78 is 24.5. The van der Waals surface area contributed by atoms with Crippen molar-refractivity contribution in [3.05, 3.63) is 27.7 Å². The predicted molar refractivity (Wildman–Crippen MR) is 42.4 cm³/mol. The zero-order chi connectivity index (χ0) is 10.0. The first-order chi connectivity index (χ1) is 6.07. The van der Waals surface area contributed by atoms with E-state index in [4.69, 9.17) is 10.8 Å². The lowest BCUT2D eigenvalue weighted by Gasteiger charge is -2.07. The van der Waals surface area contributed by atoms with E-state index in [1.807, 2.05) is 0 Å². The molecule has 1 heterocycles. The Morgan fingerprint density at radius 3 is 2.69 bits per heavy atom. The van der Waals surface area contributed by atoms with E-state index in [1.165, 1.54) is 0 Å². The topological polar surface area (TPSA) is 79.1 Å². The van der Waals surface area contributed by atoms with Gasteiger partial charge in [-0.25, -0.2) is 8.78 Å². The number of pyridine rings is 1. The molecule has 0 spiro atoms. The Kier molecular flexibility index (Phi) is 2.62. The fourth-order valence-corrected chi connectivity index (χ4v) is 0.972. The van der Waals surface area contributed by atoms with Crippen LogP contribution in [0.25, 0.3) is 0 Å². The highest BCUT2D eigenvalue weighted by molar-refractivity contribution is 5.48. The highest BCUT2D eigenvalue weighted by Crippen LogP contribution is 2.23. The molecule has 1 aromatic rings. The Balaban J connectivity index is 3.38. The molecule has 0 saturated heterocycles. The number of aliphatic hydroxyl groups is 1. The van der Waals surface area contributed by atoms with Crippen molar-refractivity contribution in [1.82, 2.24) is 4.98 Å². The van der Waals surface area contributed by atoms with Crippen molar-refractivity contribution < 1.29 is 13.9 Å². The molecule has 13 heavy (non-hydrogen) atoms. The summed E-state index contributed by atoms with van der Waals surface area (Å²) >= 11 is 0. The first-order valence-corrected chi connectivity index (χ1v) is 3.47. The summed E-state index contributed by atoms with van der Waals surface area (Å²) in [6.45, 7) is -0.671. The summed E-state index contributed by atoms with van der Waals surface area (Å²) in [5, 5.41) is 8.71. The molecule has 0 radical (unpaired) electrons. The Morgan fingerprint density at radius 2 is 2.23 bits per heavy atom. The van der Waals surface area contributed by atoms with E-state index in [1.54, 1.807) is 0 Å². The van der Waals surface area contributed by atoms with Crippen molar-refractivity contribution in [2.75, 3.05) is 5.73 Å². The van der Waals surface area contributed by atoms with Gasteiger partial charge in [-0.3, -0.25) is 4.79 Å². The Labute approximate surface area is 72.0 Å². The Bertz CT molecular complexity index is 362. The van der Waals surface area contributed by atoms with Crippen LogP contribution in [0.4, 0.5) is 14.5 Å². The van der Waals surface area contributed by atoms with Crippen molar-refractivity contribution in [3.8, 4) is 0 Å². The highest BCUT2D eigenvalue weighted by Gasteiger charge is 2.16. The minimum Gasteiger partial charge on any atom is -0.394 e. The number of aliphatic hydroxyl groups excluding tert-OH is 1. The second-order valence-electron chi connectivity index (χ2n) is 2.42. The van der Waals surface area contributed by atoms with Gasteiger partial charge >= 0.3 is 0 Å². The molecule has 0 aliphatic heterocycles. The zero-order valence-electron chi connectivity index (χ0n) is 6.55. The lowest BCUT2D eigenvalue weighted by molar-refractivity contribution is 0.146. The maximum Gasteiger partial charge on any atom is 0.271 e. The van der Waals surface area contributed by atoms with Gasteiger partial charge in [-0.15, -0.1) is 0 Å². The number of nitrogens with one attached hydrogen (secondary N) is 1. The molecular formula is C7H8F2N2O2. The lowest BCUT2D eigenvalue weighted by atomic mass is 10.1. The number of alkyl halides is 2. The molecule has 0 unspecified atom stereocenters. The molecule has 0 atom stereocenters. The van der Waals surface area contributed by atoms with Gasteiger partial charge < -0.3 is 15.8 Å². The third-order valence-corrected chi connectivity index (χ3v) is 1.67. The predicted octanol–water partition coefficient (Wildman–Crippen LogP) is 0.387. The molecule has 0 fully saturated rings. The van der Waals surface area contributed by atoms with Crippen LogP contribution >= 0.6 is 0 Å². The van der Waals surface area contributed by atoms with Crippen LogP contribution < -0.4 is 11.3 Å². The number of aromatic nitrogens is 1. The van der Waals surface area contributed by atoms with Crippen LogP contribution in [0.15, 0.2) is 11.0 Å². The molecule has 72 valence electrons. The number of hydrogen-bond donors (Lipinski definition) is 3. The average molecular weight is 190 g/mol. The van der Waals surface area contributed by atoms with Crippen molar-refractivity contribution >= 4 is 5.69 Å². The van der Waals surface area contributed by atoms with E-state index >= 15 is 0 Å². The zero-order valence-corrected chi connectivity index (χ0v) is 6.55. The Hall–Kier alpha value is -1.43. The smallest absolute Gasteiger partial charge is 0.271 e. The van der Waals surface area contributed by atoms with Gasteiger partial charge in [-0.1, -0.05) is 0 Å². The summed E-state index contributed by atoms with van der Waals surface area (Å²) in [7, 11) is 0. The van der Waals surface area contributed by atoms with Gasteiger partial charge in [0.25, 0.3) is 12.0 Å². The average Bonchev–Trinajstić information content (AvgIpc) is 2.09. The number of aromatic amines is 1. The van der Waals surface area contributed by atoms with Crippen molar-refractivity contribution in [2.24, 2.45) is 0 Å². The minimum atomic E-state index is -2.76. The number of nitrogen functional groups attached to an aromatic ring is 1. The van der Waals surface area contributed by atoms with E-state index in [2.05, 4.69) is 4.98 Å². The van der Waals surface area contributed by atoms with Gasteiger partial charge in [0.05, 0.1) is 6.61 Å². The van der Waals surface area contributed by atoms with Crippen LogP contribution in [0.1, 0.15) is 17.6 Å². The summed E-state index contributed by atoms with van der Waals surface area (Å²) in [5.74, 6) is 0. The summed E-state index contributed by atoms with van der Waals surface area (Å²) in [5.41, 5.74) is 3.51. The van der Waals surface area contributed by atoms with Crippen molar-refractivity contribution in [2.45, 2.75) is 13.0 Å². The van der Waals surface area contributed by atoms with E-state index < -0.39 is 24.2 Å². The summed E-state index contributed by atoms with van der Waals surface area (Å²) in [6, 6.07) is 0. The van der Waals surface area contributed by atoms with E-state index in [0.29, 0.717) is 0 Å². The monoisotopic (exact) mass is 190 g/mol. The number of rotatable bonds is 2. The van der Waals surface area contributed by atoms with E-state index in [-0.39, 0.29) is 11.3 Å². The van der Waals surface area contributed by atoms with Crippen LogP contribution in [0.5, 0.6) is 0 Å². The standard InChI is InChI=1S/C7H8F2N2O2/c8-6(9)3-1-11-7(13)5(10)4(3)2-12/h1,6,12H,2,10H2,(H,11,13). The molecule has 1 aromatic heterocycles. The van der Waals surface area contributed by atoms with Gasteiger partial charge in [0, 0.05) is 17.3 Å². The molecule has 0 amide bonds. The molecule has 0 aliphatic carbocycles. The highest BCUT2D eigenvalue weighted by atomic mass is 19.3. The second-order valence-corrected chi connectivity index (χ2v) is 2.42. The third-order valence-electron chi connectivity index (χ3n) is 1.67. The molecule has 4 N–H and O–H groups in total. The largest absolute Gasteiger partial charge is 0.394 e. The SMILES string of the molecule is Nc1c(CO)c(C(F)F)c[nH]c1=O. The second kappa shape index (κ2) is 3.53. The molecule has 0 aliphatic rings. The van der Waals surface area contributed by atoms with Crippen molar-refractivity contribution in [3.63, 3.8) is 0 Å². The van der Waals surface area contributed by atoms with Crippen LogP contribution in [-0.4, -0.2) is 10.1 Å². The summed E-state index contributed by atoms with van der Waals surface area (Å²) in [4.78, 5) is 12.9. The molecular weight excluding hydrogens is 182 g/mol. The molecule has 4 nitrogen and oxygen atoms in total. The number of nitrogens with two attached hydrogens (primary N) is 1. The number of H-pyrrole nitrogens is 1. The van der Waals surface area contributed by atoms with Gasteiger partial charge in [0.2, 0.25) is 0 Å². The molecule has 0 bridgehead atoms. The number of anilines is 1. The van der Waals surface area contributed by atoms with Crippen LogP contribution in [0.2, 0.25) is 0 Å². The van der Waals surface area contributed by atoms with Gasteiger partial charge in [-0.2, -0.15) is 0 Å². The van der Waals surface area contributed by atoms with Gasteiger partial charge in [0.15, 0.2) is 0 Å².